The van der Waals surface area contributed by atoms with Gasteiger partial charge in [0.25, 0.3) is 0 Å². The van der Waals surface area contributed by atoms with Crippen molar-refractivity contribution >= 4 is 17.8 Å². The van der Waals surface area contributed by atoms with E-state index in [0.29, 0.717) is 24.1 Å². The highest BCUT2D eigenvalue weighted by Gasteiger charge is 2.53. The first kappa shape index (κ1) is 35.6. The van der Waals surface area contributed by atoms with E-state index in [4.69, 9.17) is 10.5 Å². The molecule has 52 heavy (non-hydrogen) atoms. The third-order valence-corrected chi connectivity index (χ3v) is 11.7. The Morgan fingerprint density at radius 3 is 2.02 bits per heavy atom. The molecule has 4 aromatic rings. The van der Waals surface area contributed by atoms with Crippen LogP contribution in [0.2, 0.25) is 0 Å². The van der Waals surface area contributed by atoms with Crippen molar-refractivity contribution in [3.05, 3.63) is 137 Å². The van der Waals surface area contributed by atoms with Crippen LogP contribution in [0, 0.1) is 5.92 Å². The van der Waals surface area contributed by atoms with Gasteiger partial charge in [-0.3, -0.25) is 9.59 Å². The molecule has 6 atom stereocenters. The van der Waals surface area contributed by atoms with E-state index >= 15 is 0 Å². The number of amides is 2. The van der Waals surface area contributed by atoms with Crippen molar-refractivity contribution in [2.24, 2.45) is 11.7 Å². The lowest BCUT2D eigenvalue weighted by atomic mass is 9.52. The van der Waals surface area contributed by atoms with Gasteiger partial charge in [-0.05, 0) is 91.6 Å². The molecular weight excluding hydrogens is 649 g/mol. The predicted molar refractivity (Wildman–Crippen MR) is 203 cm³/mol. The van der Waals surface area contributed by atoms with Crippen molar-refractivity contribution in [2.75, 3.05) is 13.6 Å². The molecule has 2 fully saturated rings. The second kappa shape index (κ2) is 15.8. The van der Waals surface area contributed by atoms with E-state index in [2.05, 4.69) is 34.7 Å². The van der Waals surface area contributed by atoms with Crippen molar-refractivity contribution in [3.8, 4) is 5.75 Å². The molecule has 0 aromatic heterocycles. The Morgan fingerprint density at radius 2 is 1.37 bits per heavy atom. The summed E-state index contributed by atoms with van der Waals surface area (Å²) in [7, 11) is 2.26. The first-order valence-electron chi connectivity index (χ1n) is 18.8. The topological polar surface area (TPSA) is 114 Å². The van der Waals surface area contributed by atoms with Gasteiger partial charge in [0.05, 0.1) is 6.04 Å². The second-order valence-corrected chi connectivity index (χ2v) is 15.0. The summed E-state index contributed by atoms with van der Waals surface area (Å²) in [6.07, 6.45) is 7.82. The van der Waals surface area contributed by atoms with Gasteiger partial charge in [-0.1, -0.05) is 110 Å². The van der Waals surface area contributed by atoms with Crippen molar-refractivity contribution in [1.29, 1.82) is 0 Å². The van der Waals surface area contributed by atoms with Crippen LogP contribution in [0.1, 0.15) is 59.9 Å². The largest absolute Gasteiger partial charge is 0.425 e. The number of piperidine rings is 1. The molecule has 1 heterocycles. The smallest absolute Gasteiger partial charge is 0.334 e. The minimum absolute atomic E-state index is 0.118. The van der Waals surface area contributed by atoms with Gasteiger partial charge in [0.1, 0.15) is 17.8 Å². The number of hydrogen-bond donors (Lipinski definition) is 3. The van der Waals surface area contributed by atoms with E-state index in [9.17, 15) is 14.4 Å². The van der Waals surface area contributed by atoms with Crippen molar-refractivity contribution in [3.63, 3.8) is 0 Å². The Bertz CT molecular complexity index is 1850. The molecule has 2 amide bonds. The maximum Gasteiger partial charge on any atom is 0.334 e. The third-order valence-electron chi connectivity index (χ3n) is 11.7. The summed E-state index contributed by atoms with van der Waals surface area (Å²) in [6.45, 7) is 1.08. The van der Waals surface area contributed by atoms with Crippen molar-refractivity contribution in [2.45, 2.75) is 87.4 Å². The van der Waals surface area contributed by atoms with Crippen LogP contribution in [0.4, 0.5) is 0 Å². The number of carbonyl (C=O) groups is 3. The standard InChI is InChI=1S/C44H50N4O4/c1-48-24-23-44-22-12-11-19-35(44)40(48)28-33-20-21-34(29-36(33)44)52-43(51)39(27-32-17-9-4-10-18-32)47-42(50)38(26-31-15-7-3-8-16-31)46-41(49)37(45)25-30-13-5-2-6-14-30/h2-10,13-18,20-21,29,35,37-40H,11-12,19,22-28,45H2,1H3,(H,46,49)(H,47,50)/t35-,37?,38?,39?,40+,44+/m0/s1. The molecule has 2 bridgehead atoms. The number of nitrogens with one attached hydrogen (secondary N) is 2. The molecule has 1 aliphatic heterocycles. The first-order valence-corrected chi connectivity index (χ1v) is 18.8. The van der Waals surface area contributed by atoms with Gasteiger partial charge in [0, 0.05) is 24.3 Å². The van der Waals surface area contributed by atoms with E-state index in [1.165, 1.54) is 36.8 Å². The number of nitrogens with zero attached hydrogens (tertiary/aromatic N) is 1. The molecule has 1 saturated heterocycles. The average molecular weight is 699 g/mol. The molecule has 0 radical (unpaired) electrons. The highest BCUT2D eigenvalue weighted by Crippen LogP contribution is 2.56. The highest BCUT2D eigenvalue weighted by molar-refractivity contribution is 5.92. The van der Waals surface area contributed by atoms with Crippen LogP contribution in [0.3, 0.4) is 0 Å². The lowest BCUT2D eigenvalue weighted by Gasteiger charge is -2.58. The van der Waals surface area contributed by atoms with Gasteiger partial charge < -0.3 is 26.0 Å². The molecule has 4 aromatic carbocycles. The normalized spacial score (nSPS) is 22.5. The third kappa shape index (κ3) is 7.83. The van der Waals surface area contributed by atoms with E-state index in [1.807, 2.05) is 97.1 Å². The summed E-state index contributed by atoms with van der Waals surface area (Å²) in [4.78, 5) is 44.2. The molecule has 8 heteroatoms. The number of benzene rings is 4. The van der Waals surface area contributed by atoms with Crippen LogP contribution in [0.15, 0.2) is 109 Å². The van der Waals surface area contributed by atoms with E-state index in [-0.39, 0.29) is 18.3 Å². The lowest BCUT2D eigenvalue weighted by Crippen LogP contribution is -2.59. The van der Waals surface area contributed by atoms with Gasteiger partial charge >= 0.3 is 5.97 Å². The van der Waals surface area contributed by atoms with Crippen molar-refractivity contribution in [1.82, 2.24) is 15.5 Å². The van der Waals surface area contributed by atoms with Gasteiger partial charge in [0.2, 0.25) is 11.8 Å². The molecular formula is C44H50N4O4. The zero-order chi connectivity index (χ0) is 36.1. The van der Waals surface area contributed by atoms with E-state index in [1.54, 1.807) is 0 Å². The van der Waals surface area contributed by atoms with Crippen LogP contribution in [0.25, 0.3) is 0 Å². The van der Waals surface area contributed by atoms with Gasteiger partial charge in [-0.2, -0.15) is 0 Å². The maximum atomic E-state index is 14.1. The molecule has 3 aliphatic rings. The summed E-state index contributed by atoms with van der Waals surface area (Å²) in [5.74, 6) is -0.340. The van der Waals surface area contributed by atoms with E-state index < -0.39 is 35.9 Å². The Morgan fingerprint density at radius 1 is 0.769 bits per heavy atom. The molecule has 1 saturated carbocycles. The fourth-order valence-electron chi connectivity index (χ4n) is 9.04. The van der Waals surface area contributed by atoms with Crippen LogP contribution in [-0.2, 0) is 45.5 Å². The molecule has 4 N–H and O–H groups in total. The molecule has 8 nitrogen and oxygen atoms in total. The number of hydrogen-bond acceptors (Lipinski definition) is 6. The number of likely N-dealkylation sites (tertiary alicyclic amines) is 1. The number of esters is 1. The predicted octanol–water partition coefficient (Wildman–Crippen LogP) is 5.31. The zero-order valence-corrected chi connectivity index (χ0v) is 30.0. The van der Waals surface area contributed by atoms with Crippen LogP contribution < -0.4 is 21.1 Å². The SMILES string of the molecule is CN1CC[C@]23CCCC[C@H]2[C@H]1Cc1ccc(OC(=O)C(Cc2ccccc2)NC(=O)C(Cc2ccccc2)NC(=O)C(N)Cc2ccccc2)cc13. The van der Waals surface area contributed by atoms with Crippen LogP contribution in [-0.4, -0.2) is 60.4 Å². The Hall–Kier alpha value is -4.79. The zero-order valence-electron chi connectivity index (χ0n) is 30.0. The maximum absolute atomic E-state index is 14.1. The fourth-order valence-corrected chi connectivity index (χ4v) is 9.04. The van der Waals surface area contributed by atoms with Gasteiger partial charge in [-0.15, -0.1) is 0 Å². The highest BCUT2D eigenvalue weighted by atomic mass is 16.5. The van der Waals surface area contributed by atoms with Crippen molar-refractivity contribution < 1.29 is 19.1 Å². The first-order chi connectivity index (χ1) is 25.3. The van der Waals surface area contributed by atoms with Gasteiger partial charge in [0.15, 0.2) is 0 Å². The number of ether oxygens (including phenoxy) is 1. The molecule has 0 spiro atoms. The number of rotatable bonds is 12. The Kier molecular flexibility index (Phi) is 10.8. The van der Waals surface area contributed by atoms with Crippen LogP contribution in [0.5, 0.6) is 5.75 Å². The summed E-state index contributed by atoms with van der Waals surface area (Å²) < 4.78 is 6.16. The molecule has 270 valence electrons. The second-order valence-electron chi connectivity index (χ2n) is 15.0. The minimum Gasteiger partial charge on any atom is -0.425 e. The van der Waals surface area contributed by atoms with Gasteiger partial charge in [-0.25, -0.2) is 4.79 Å². The summed E-state index contributed by atoms with van der Waals surface area (Å²) in [5.41, 5.74) is 11.8. The monoisotopic (exact) mass is 698 g/mol. The number of fused-ring (bicyclic) bond motifs is 1. The van der Waals surface area contributed by atoms with Crippen LogP contribution >= 0.6 is 0 Å². The molecule has 3 unspecified atom stereocenters. The summed E-state index contributed by atoms with van der Waals surface area (Å²) >= 11 is 0. The Labute approximate surface area is 307 Å². The number of nitrogens with two attached hydrogens (primary N) is 1. The molecule has 7 rings (SSSR count). The number of carbonyl (C=O) groups excluding carboxylic acids is 3. The molecule has 2 aliphatic carbocycles. The average Bonchev–Trinajstić information content (AvgIpc) is 3.17. The lowest BCUT2D eigenvalue weighted by molar-refractivity contribution is -0.140. The van der Waals surface area contributed by atoms with E-state index in [0.717, 1.165) is 36.1 Å². The minimum atomic E-state index is -0.993. The summed E-state index contributed by atoms with van der Waals surface area (Å²) in [6, 6.07) is 32.5. The number of likely N-dealkylation sites (N-methyl/N-ethyl adjacent to an activating group) is 1. The fraction of sp³-hybridized carbons (Fsp3) is 0.386. The Balaban J connectivity index is 1.12. The summed E-state index contributed by atoms with van der Waals surface area (Å²) in [5, 5.41) is 5.87. The quantitative estimate of drug-likeness (QED) is 0.137.